The van der Waals surface area contributed by atoms with E-state index in [2.05, 4.69) is 0 Å². The summed E-state index contributed by atoms with van der Waals surface area (Å²) in [5.41, 5.74) is -33.8. The van der Waals surface area contributed by atoms with Crippen molar-refractivity contribution in [3.63, 3.8) is 0 Å². The third-order valence-electron chi connectivity index (χ3n) is 6.73. The molecule has 4 rings (SSSR count). The second-order valence-electron chi connectivity index (χ2n) is 9.58. The van der Waals surface area contributed by atoms with E-state index < -0.39 is 156 Å². The number of hydrogen-bond donors (Lipinski definition) is 0. The zero-order chi connectivity index (χ0) is 39.4. The van der Waals surface area contributed by atoms with Crippen LogP contribution in [0, 0.1) is 87.3 Å². The molecule has 0 aliphatic carbocycles. The quantitative estimate of drug-likeness (QED) is 0.110. The van der Waals surface area contributed by atoms with Crippen molar-refractivity contribution in [1.29, 1.82) is 0 Å². The second-order valence-corrected chi connectivity index (χ2v) is 9.58. The lowest BCUT2D eigenvalue weighted by molar-refractivity contribution is -0.141. The maximum Gasteiger partial charge on any atom is 0.420 e. The van der Waals surface area contributed by atoms with Gasteiger partial charge in [-0.05, 0) is 0 Å². The van der Waals surface area contributed by atoms with E-state index >= 15 is 26.3 Å². The van der Waals surface area contributed by atoms with E-state index in [4.69, 9.17) is 0 Å². The lowest BCUT2D eigenvalue weighted by Gasteiger charge is -2.26. The van der Waals surface area contributed by atoms with Crippen molar-refractivity contribution < 1.29 is 105 Å². The zero-order valence-electron chi connectivity index (χ0n) is 22.6. The lowest BCUT2D eigenvalue weighted by atomic mass is 9.81. The molecule has 0 atom stereocenters. The molecule has 4 aromatic carbocycles. The Morgan fingerprint density at radius 1 is 0.176 bits per heavy atom. The standard InChI is InChI=1S/C27F24/c28-10-2(5-8(26(46,47)48)16(34)23(41)20(38)13(5)31)1(4-7(25(43,44)45)15(33)22(40)19(37)12(4)30)3(11(29)18(10)36)6-9(27(49,50)51)17(35)24(42)21(39)14(6)32. The number of hydrogen-bond acceptors (Lipinski definition) is 0. The molecule has 276 valence electrons. The van der Waals surface area contributed by atoms with Gasteiger partial charge in [0.05, 0.1) is 0 Å². The maximum atomic E-state index is 15.5. The summed E-state index contributed by atoms with van der Waals surface area (Å²) in [6, 6.07) is 0. The molecule has 0 spiro atoms. The van der Waals surface area contributed by atoms with Crippen molar-refractivity contribution in [1.82, 2.24) is 0 Å². The minimum absolute atomic E-state index is 3.57. The SMILES string of the molecule is Fc1c(F)c(-c2c(F)c(F)c(F)c(F)c2C(F)(F)F)c(-c2c(F)c(F)c(F)c(F)c2C(F)(F)F)c(-c2c(F)c(F)c(F)c(F)c2C(F)(F)F)c1F. The first-order chi connectivity index (χ1) is 23.0. The van der Waals surface area contributed by atoms with Gasteiger partial charge in [0.25, 0.3) is 0 Å². The predicted octanol–water partition coefficient (Wildman–Crippen LogP) is 11.8. The van der Waals surface area contributed by atoms with Crippen molar-refractivity contribution in [3.8, 4) is 33.4 Å². The highest BCUT2D eigenvalue weighted by Gasteiger charge is 2.50. The predicted molar refractivity (Wildman–Crippen MR) is 117 cm³/mol. The molecule has 0 amide bonds. The van der Waals surface area contributed by atoms with Crippen molar-refractivity contribution in [2.24, 2.45) is 0 Å². The van der Waals surface area contributed by atoms with E-state index in [9.17, 15) is 79.0 Å². The summed E-state index contributed by atoms with van der Waals surface area (Å²) in [5.74, 6) is -56.2. The summed E-state index contributed by atoms with van der Waals surface area (Å²) in [6.45, 7) is 0. The number of alkyl halides is 9. The molecule has 0 fully saturated rings. The van der Waals surface area contributed by atoms with E-state index in [0.29, 0.717) is 0 Å². The molecule has 51 heavy (non-hydrogen) atoms. The van der Waals surface area contributed by atoms with Gasteiger partial charge in [-0.3, -0.25) is 0 Å². The van der Waals surface area contributed by atoms with Gasteiger partial charge in [-0.15, -0.1) is 0 Å². The van der Waals surface area contributed by atoms with Gasteiger partial charge in [-0.1, -0.05) is 0 Å². The van der Waals surface area contributed by atoms with Crippen molar-refractivity contribution in [2.45, 2.75) is 18.5 Å². The van der Waals surface area contributed by atoms with Crippen LogP contribution in [0.3, 0.4) is 0 Å². The first-order valence-corrected chi connectivity index (χ1v) is 12.0. The fraction of sp³-hybridized carbons (Fsp3) is 0.111. The van der Waals surface area contributed by atoms with Gasteiger partial charge in [0.15, 0.2) is 87.3 Å². The normalized spacial score (nSPS) is 12.7. The topological polar surface area (TPSA) is 0 Å². The molecule has 0 aliphatic heterocycles. The molecule has 4 aromatic rings. The maximum absolute atomic E-state index is 15.5. The Kier molecular flexibility index (Phi) is 9.30. The Labute approximate surface area is 262 Å². The van der Waals surface area contributed by atoms with Crippen LogP contribution in [0.25, 0.3) is 33.4 Å². The fourth-order valence-electron chi connectivity index (χ4n) is 4.78. The van der Waals surface area contributed by atoms with E-state index in [-0.39, 0.29) is 0 Å². The third kappa shape index (κ3) is 5.74. The average molecular weight is 780 g/mol. The van der Waals surface area contributed by atoms with E-state index in [0.717, 1.165) is 0 Å². The highest BCUT2D eigenvalue weighted by Crippen LogP contribution is 2.55. The Morgan fingerprint density at radius 3 is 0.549 bits per heavy atom. The summed E-state index contributed by atoms with van der Waals surface area (Å²) in [4.78, 5) is 0. The third-order valence-corrected chi connectivity index (χ3v) is 6.73. The van der Waals surface area contributed by atoms with Crippen LogP contribution in [-0.4, -0.2) is 0 Å². The van der Waals surface area contributed by atoms with Crippen LogP contribution >= 0.6 is 0 Å². The molecule has 0 saturated carbocycles. The Balaban J connectivity index is 2.68. The second kappa shape index (κ2) is 12.2. The smallest absolute Gasteiger partial charge is 0.203 e. The van der Waals surface area contributed by atoms with Crippen LogP contribution < -0.4 is 0 Å². The Hall–Kier alpha value is -4.80. The van der Waals surface area contributed by atoms with Gasteiger partial charge in [0, 0.05) is 33.4 Å². The monoisotopic (exact) mass is 780 g/mol. The van der Waals surface area contributed by atoms with E-state index in [1.165, 1.54) is 0 Å². The summed E-state index contributed by atoms with van der Waals surface area (Å²) in [5, 5.41) is 0. The van der Waals surface area contributed by atoms with Crippen molar-refractivity contribution in [2.75, 3.05) is 0 Å². The summed E-state index contributed by atoms with van der Waals surface area (Å²) in [7, 11) is 0. The molecular weight excluding hydrogens is 780 g/mol. The van der Waals surface area contributed by atoms with E-state index in [1.54, 1.807) is 0 Å². The molecule has 24 heteroatoms. The van der Waals surface area contributed by atoms with Gasteiger partial charge >= 0.3 is 18.5 Å². The zero-order valence-corrected chi connectivity index (χ0v) is 22.6. The highest BCUT2D eigenvalue weighted by atomic mass is 19.4. The molecule has 0 N–H and O–H groups in total. The Bertz CT molecular complexity index is 2040. The van der Waals surface area contributed by atoms with Crippen LogP contribution in [0.15, 0.2) is 0 Å². The molecule has 0 heterocycles. The van der Waals surface area contributed by atoms with Gasteiger partial charge in [-0.2, -0.15) is 39.5 Å². The molecule has 0 aliphatic rings. The van der Waals surface area contributed by atoms with Crippen LogP contribution in [-0.2, 0) is 18.5 Å². The van der Waals surface area contributed by atoms with Crippen molar-refractivity contribution >= 4 is 0 Å². The largest absolute Gasteiger partial charge is 0.420 e. The first kappa shape index (κ1) is 39.0. The van der Waals surface area contributed by atoms with Crippen LogP contribution in [0.4, 0.5) is 105 Å². The molecular formula is C27F24. The van der Waals surface area contributed by atoms with Gasteiger partial charge in [0.1, 0.15) is 16.7 Å². The minimum Gasteiger partial charge on any atom is -0.203 e. The number of benzene rings is 4. The summed E-state index contributed by atoms with van der Waals surface area (Å²) >= 11 is 0. The summed E-state index contributed by atoms with van der Waals surface area (Å²) < 4.78 is 346. The van der Waals surface area contributed by atoms with Crippen molar-refractivity contribution in [3.05, 3.63) is 104 Å². The van der Waals surface area contributed by atoms with E-state index in [1.807, 2.05) is 0 Å². The van der Waals surface area contributed by atoms with Crippen LogP contribution in [0.5, 0.6) is 0 Å². The highest BCUT2D eigenvalue weighted by molar-refractivity contribution is 5.98. The molecule has 0 nitrogen and oxygen atoms in total. The lowest BCUT2D eigenvalue weighted by Crippen LogP contribution is -2.21. The first-order valence-electron chi connectivity index (χ1n) is 12.0. The molecule has 0 aromatic heterocycles. The number of rotatable bonds is 3. The Morgan fingerprint density at radius 2 is 0.333 bits per heavy atom. The molecule has 0 radical (unpaired) electrons. The summed E-state index contributed by atoms with van der Waals surface area (Å²) in [6.07, 6.45) is -20.8. The van der Waals surface area contributed by atoms with Crippen LogP contribution in [0.2, 0.25) is 0 Å². The van der Waals surface area contributed by atoms with Crippen LogP contribution in [0.1, 0.15) is 16.7 Å². The van der Waals surface area contributed by atoms with Gasteiger partial charge < -0.3 is 0 Å². The molecule has 0 saturated heterocycles. The van der Waals surface area contributed by atoms with Gasteiger partial charge in [-0.25, -0.2) is 65.9 Å². The minimum atomic E-state index is -6.97. The number of halogens is 24. The average Bonchev–Trinajstić information content (AvgIpc) is 3.00. The molecule has 0 bridgehead atoms. The molecule has 0 unspecified atom stereocenters. The van der Waals surface area contributed by atoms with Gasteiger partial charge in [0.2, 0.25) is 0 Å². The fourth-order valence-corrected chi connectivity index (χ4v) is 4.78.